The Kier molecular flexibility index (Phi) is 8.06. The SMILES string of the molecule is CCCCOc1cccc(C2C(=C(O)c3ccc(OC)cc3)C(=O)C(=O)N2CCc2ccccc2)c1. The van der Waals surface area contributed by atoms with Crippen molar-refractivity contribution in [2.24, 2.45) is 0 Å². The highest BCUT2D eigenvalue weighted by molar-refractivity contribution is 6.46. The zero-order chi connectivity index (χ0) is 25.5. The molecule has 6 nitrogen and oxygen atoms in total. The van der Waals surface area contributed by atoms with Gasteiger partial charge in [0.05, 0.1) is 25.3 Å². The third kappa shape index (κ3) is 5.43. The van der Waals surface area contributed by atoms with E-state index in [0.29, 0.717) is 42.2 Å². The van der Waals surface area contributed by atoms with Crippen LogP contribution >= 0.6 is 0 Å². The molecule has 3 aromatic carbocycles. The molecule has 0 aliphatic carbocycles. The minimum atomic E-state index is -0.731. The standard InChI is InChI=1S/C30H31NO5/c1-3-4-19-36-25-12-8-11-23(20-25)27-26(28(32)22-13-15-24(35-2)16-14-22)29(33)30(34)31(27)18-17-21-9-6-5-7-10-21/h5-16,20,27,32H,3-4,17-19H2,1-2H3. The van der Waals surface area contributed by atoms with E-state index in [4.69, 9.17) is 9.47 Å². The predicted molar refractivity (Wildman–Crippen MR) is 139 cm³/mol. The third-order valence-electron chi connectivity index (χ3n) is 6.33. The Hall–Kier alpha value is -4.06. The summed E-state index contributed by atoms with van der Waals surface area (Å²) in [7, 11) is 1.56. The third-order valence-corrected chi connectivity index (χ3v) is 6.33. The summed E-state index contributed by atoms with van der Waals surface area (Å²) in [6, 6.07) is 23.3. The molecule has 1 aliphatic heterocycles. The van der Waals surface area contributed by atoms with Crippen LogP contribution in [0.4, 0.5) is 0 Å². The van der Waals surface area contributed by atoms with E-state index in [2.05, 4.69) is 6.92 Å². The van der Waals surface area contributed by atoms with Gasteiger partial charge in [-0.15, -0.1) is 0 Å². The number of carbonyl (C=O) groups is 2. The summed E-state index contributed by atoms with van der Waals surface area (Å²) in [5.41, 5.74) is 2.29. The number of carbonyl (C=O) groups excluding carboxylic acids is 2. The van der Waals surface area contributed by atoms with Crippen LogP contribution in [-0.4, -0.2) is 42.0 Å². The summed E-state index contributed by atoms with van der Waals surface area (Å²) in [6.07, 6.45) is 2.53. The minimum absolute atomic E-state index is 0.0731. The normalized spacial score (nSPS) is 16.8. The fourth-order valence-electron chi connectivity index (χ4n) is 4.36. The molecule has 0 saturated carbocycles. The van der Waals surface area contributed by atoms with Gasteiger partial charge in [-0.2, -0.15) is 0 Å². The highest BCUT2D eigenvalue weighted by Crippen LogP contribution is 2.40. The van der Waals surface area contributed by atoms with E-state index in [0.717, 1.165) is 18.4 Å². The van der Waals surface area contributed by atoms with Crippen molar-refractivity contribution in [2.45, 2.75) is 32.2 Å². The maximum Gasteiger partial charge on any atom is 0.295 e. The second kappa shape index (κ2) is 11.6. The van der Waals surface area contributed by atoms with Crippen molar-refractivity contribution in [3.8, 4) is 11.5 Å². The van der Waals surface area contributed by atoms with E-state index < -0.39 is 17.7 Å². The van der Waals surface area contributed by atoms with E-state index in [9.17, 15) is 14.7 Å². The number of likely N-dealkylation sites (tertiary alicyclic amines) is 1. The first-order valence-electron chi connectivity index (χ1n) is 12.2. The quantitative estimate of drug-likeness (QED) is 0.177. The van der Waals surface area contributed by atoms with Crippen molar-refractivity contribution in [1.29, 1.82) is 0 Å². The van der Waals surface area contributed by atoms with Crippen LogP contribution in [0.15, 0.2) is 84.4 Å². The van der Waals surface area contributed by atoms with Crippen LogP contribution in [0.3, 0.4) is 0 Å². The molecule has 1 amide bonds. The molecular weight excluding hydrogens is 454 g/mol. The minimum Gasteiger partial charge on any atom is -0.507 e. The van der Waals surface area contributed by atoms with Gasteiger partial charge >= 0.3 is 0 Å². The number of rotatable bonds is 10. The Morgan fingerprint density at radius 3 is 2.39 bits per heavy atom. The number of benzene rings is 3. The number of methoxy groups -OCH3 is 1. The lowest BCUT2D eigenvalue weighted by Crippen LogP contribution is -2.31. The second-order valence-corrected chi connectivity index (χ2v) is 8.73. The molecule has 1 unspecified atom stereocenters. The number of Topliss-reactive ketones (excluding diaryl/α,β-unsaturated/α-hetero) is 1. The van der Waals surface area contributed by atoms with Crippen molar-refractivity contribution in [1.82, 2.24) is 4.90 Å². The first-order valence-corrected chi connectivity index (χ1v) is 12.2. The lowest BCUT2D eigenvalue weighted by molar-refractivity contribution is -0.139. The van der Waals surface area contributed by atoms with Gasteiger partial charge in [0, 0.05) is 12.1 Å². The number of aliphatic hydroxyl groups is 1. The number of unbranched alkanes of at least 4 members (excludes halogenated alkanes) is 1. The van der Waals surface area contributed by atoms with Gasteiger partial charge in [-0.1, -0.05) is 55.8 Å². The van der Waals surface area contributed by atoms with Gasteiger partial charge in [-0.3, -0.25) is 9.59 Å². The molecule has 0 radical (unpaired) electrons. The number of aliphatic hydroxyl groups excluding tert-OH is 1. The predicted octanol–water partition coefficient (Wildman–Crippen LogP) is 5.54. The van der Waals surface area contributed by atoms with Crippen molar-refractivity contribution in [2.75, 3.05) is 20.3 Å². The highest BCUT2D eigenvalue weighted by atomic mass is 16.5. The number of hydrogen-bond donors (Lipinski definition) is 1. The molecule has 1 aliphatic rings. The fourth-order valence-corrected chi connectivity index (χ4v) is 4.36. The highest BCUT2D eigenvalue weighted by Gasteiger charge is 2.46. The average Bonchev–Trinajstić information content (AvgIpc) is 3.17. The molecule has 1 N–H and O–H groups in total. The Labute approximate surface area is 211 Å². The van der Waals surface area contributed by atoms with Gasteiger partial charge in [-0.05, 0) is 60.4 Å². The maximum absolute atomic E-state index is 13.3. The summed E-state index contributed by atoms with van der Waals surface area (Å²) >= 11 is 0. The Morgan fingerprint density at radius 2 is 1.69 bits per heavy atom. The van der Waals surface area contributed by atoms with E-state index >= 15 is 0 Å². The zero-order valence-electron chi connectivity index (χ0n) is 20.6. The smallest absolute Gasteiger partial charge is 0.295 e. The molecule has 1 atom stereocenters. The van der Waals surface area contributed by atoms with E-state index in [-0.39, 0.29) is 11.3 Å². The van der Waals surface area contributed by atoms with Crippen LogP contribution in [0, 0.1) is 0 Å². The second-order valence-electron chi connectivity index (χ2n) is 8.73. The van der Waals surface area contributed by atoms with Crippen molar-refractivity contribution < 1.29 is 24.2 Å². The number of amides is 1. The van der Waals surface area contributed by atoms with Gasteiger partial charge < -0.3 is 19.5 Å². The molecule has 36 heavy (non-hydrogen) atoms. The Bertz CT molecular complexity index is 1230. The molecule has 1 saturated heterocycles. The van der Waals surface area contributed by atoms with Crippen LogP contribution in [-0.2, 0) is 16.0 Å². The molecule has 186 valence electrons. The number of ether oxygens (including phenoxy) is 2. The van der Waals surface area contributed by atoms with Gasteiger partial charge in [0.1, 0.15) is 17.3 Å². The molecule has 0 spiro atoms. The molecule has 1 heterocycles. The first-order chi connectivity index (χ1) is 17.5. The summed E-state index contributed by atoms with van der Waals surface area (Å²) in [4.78, 5) is 28.1. The van der Waals surface area contributed by atoms with Gasteiger partial charge in [0.25, 0.3) is 11.7 Å². The lowest BCUT2D eigenvalue weighted by atomic mass is 9.95. The van der Waals surface area contributed by atoms with Crippen molar-refractivity contribution in [3.63, 3.8) is 0 Å². The van der Waals surface area contributed by atoms with Crippen LogP contribution < -0.4 is 9.47 Å². The Morgan fingerprint density at radius 1 is 0.944 bits per heavy atom. The molecule has 6 heteroatoms. The summed E-state index contributed by atoms with van der Waals surface area (Å²) in [5, 5.41) is 11.3. The molecule has 3 aromatic rings. The van der Waals surface area contributed by atoms with Crippen molar-refractivity contribution >= 4 is 17.4 Å². The van der Waals surface area contributed by atoms with Crippen LogP contribution in [0.1, 0.15) is 42.5 Å². The molecule has 0 aromatic heterocycles. The van der Waals surface area contributed by atoms with E-state index in [1.165, 1.54) is 0 Å². The number of nitrogens with zero attached hydrogens (tertiary/aromatic N) is 1. The molecule has 1 fully saturated rings. The molecule has 4 rings (SSSR count). The summed E-state index contributed by atoms with van der Waals surface area (Å²) < 4.78 is 11.1. The van der Waals surface area contributed by atoms with Crippen LogP contribution in [0.25, 0.3) is 5.76 Å². The van der Waals surface area contributed by atoms with Gasteiger partial charge in [0.2, 0.25) is 0 Å². The van der Waals surface area contributed by atoms with Crippen LogP contribution in [0.5, 0.6) is 11.5 Å². The molecule has 0 bridgehead atoms. The summed E-state index contributed by atoms with van der Waals surface area (Å²) in [5.74, 6) is -0.232. The fraction of sp³-hybridized carbons (Fsp3) is 0.267. The van der Waals surface area contributed by atoms with Gasteiger partial charge in [0.15, 0.2) is 0 Å². The Balaban J connectivity index is 1.75. The maximum atomic E-state index is 13.3. The van der Waals surface area contributed by atoms with Crippen LogP contribution in [0.2, 0.25) is 0 Å². The monoisotopic (exact) mass is 485 g/mol. The first kappa shape index (κ1) is 25.0. The largest absolute Gasteiger partial charge is 0.507 e. The van der Waals surface area contributed by atoms with Crippen molar-refractivity contribution in [3.05, 3.63) is 101 Å². The number of ketones is 1. The zero-order valence-corrected chi connectivity index (χ0v) is 20.6. The van der Waals surface area contributed by atoms with Gasteiger partial charge in [-0.25, -0.2) is 0 Å². The lowest BCUT2D eigenvalue weighted by Gasteiger charge is -2.26. The average molecular weight is 486 g/mol. The topological polar surface area (TPSA) is 76.1 Å². The van der Waals surface area contributed by atoms with E-state index in [1.807, 2.05) is 54.6 Å². The van der Waals surface area contributed by atoms with E-state index in [1.54, 1.807) is 36.3 Å². The summed E-state index contributed by atoms with van der Waals surface area (Å²) in [6.45, 7) is 3.01. The number of hydrogen-bond acceptors (Lipinski definition) is 5. The molecular formula is C30H31NO5.